The molecule has 2 saturated heterocycles. The highest BCUT2D eigenvalue weighted by atomic mass is 19.4. The van der Waals surface area contributed by atoms with Crippen molar-refractivity contribution in [2.75, 3.05) is 18.0 Å². The number of carbonyl (C=O) groups excluding carboxylic acids is 1. The van der Waals surface area contributed by atoms with Crippen molar-refractivity contribution in [1.29, 1.82) is 0 Å². The third kappa shape index (κ3) is 2.10. The van der Waals surface area contributed by atoms with Crippen LogP contribution < -0.4 is 10.2 Å². The fraction of sp³-hybridized carbons (Fsp3) is 0.462. The largest absolute Gasteiger partial charge is 0.416 e. The Bertz CT molecular complexity index is 515. The van der Waals surface area contributed by atoms with E-state index in [1.165, 1.54) is 6.07 Å². The summed E-state index contributed by atoms with van der Waals surface area (Å²) in [5.41, 5.74) is 0.0169. The van der Waals surface area contributed by atoms with Crippen molar-refractivity contribution in [1.82, 2.24) is 5.32 Å². The number of anilines is 1. The number of hydrogen-bond acceptors (Lipinski definition) is 3. The molecule has 1 N–H and O–H groups in total. The molecule has 3 nitrogen and oxygen atoms in total. The first-order chi connectivity index (χ1) is 8.99. The molecule has 1 aromatic rings. The molecule has 2 fully saturated rings. The van der Waals surface area contributed by atoms with Crippen LogP contribution in [0.15, 0.2) is 18.2 Å². The van der Waals surface area contributed by atoms with Crippen LogP contribution in [0.25, 0.3) is 0 Å². The minimum Gasteiger partial charge on any atom is -0.365 e. The van der Waals surface area contributed by atoms with Gasteiger partial charge in [0.25, 0.3) is 0 Å². The van der Waals surface area contributed by atoms with E-state index in [9.17, 15) is 18.0 Å². The SMILES string of the molecule is O=Cc1ccc(C(F)(F)F)cc1N1CC2CC1CN2. The van der Waals surface area contributed by atoms with Crippen LogP contribution in [0.3, 0.4) is 0 Å². The predicted molar refractivity (Wildman–Crippen MR) is 64.4 cm³/mol. The van der Waals surface area contributed by atoms with E-state index in [2.05, 4.69) is 5.32 Å². The fourth-order valence-corrected chi connectivity index (χ4v) is 2.92. The number of hydrogen-bond donors (Lipinski definition) is 1. The number of benzene rings is 1. The Morgan fingerprint density at radius 3 is 2.68 bits per heavy atom. The summed E-state index contributed by atoms with van der Waals surface area (Å²) in [7, 11) is 0. The summed E-state index contributed by atoms with van der Waals surface area (Å²) >= 11 is 0. The Balaban J connectivity index is 2.01. The van der Waals surface area contributed by atoms with E-state index in [1.54, 1.807) is 0 Å². The second-order valence-electron chi connectivity index (χ2n) is 5.04. The third-order valence-electron chi connectivity index (χ3n) is 3.85. The van der Waals surface area contributed by atoms with E-state index in [0.717, 1.165) is 25.1 Å². The van der Waals surface area contributed by atoms with Crippen molar-refractivity contribution < 1.29 is 18.0 Å². The highest BCUT2D eigenvalue weighted by Crippen LogP contribution is 2.36. The number of nitrogens with zero attached hydrogens (tertiary/aromatic N) is 1. The van der Waals surface area contributed by atoms with Crippen LogP contribution in [-0.2, 0) is 6.18 Å². The van der Waals surface area contributed by atoms with Crippen molar-refractivity contribution in [3.63, 3.8) is 0 Å². The minimum atomic E-state index is -4.38. The van der Waals surface area contributed by atoms with Gasteiger partial charge in [0.2, 0.25) is 0 Å². The Labute approximate surface area is 108 Å². The van der Waals surface area contributed by atoms with Gasteiger partial charge in [0.05, 0.1) is 5.56 Å². The first-order valence-corrected chi connectivity index (χ1v) is 6.15. The van der Waals surface area contributed by atoms with E-state index in [0.29, 0.717) is 30.1 Å². The van der Waals surface area contributed by atoms with Crippen molar-refractivity contribution in [2.45, 2.75) is 24.7 Å². The van der Waals surface area contributed by atoms with E-state index in [4.69, 9.17) is 0 Å². The Morgan fingerprint density at radius 1 is 1.37 bits per heavy atom. The van der Waals surface area contributed by atoms with Crippen molar-refractivity contribution in [2.24, 2.45) is 0 Å². The summed E-state index contributed by atoms with van der Waals surface area (Å²) in [4.78, 5) is 12.9. The molecule has 0 aliphatic carbocycles. The zero-order valence-corrected chi connectivity index (χ0v) is 10.1. The third-order valence-corrected chi connectivity index (χ3v) is 3.85. The summed E-state index contributed by atoms with van der Waals surface area (Å²) in [5, 5.41) is 3.29. The van der Waals surface area contributed by atoms with Crippen LogP contribution in [-0.4, -0.2) is 31.5 Å². The van der Waals surface area contributed by atoms with Crippen molar-refractivity contribution >= 4 is 12.0 Å². The Kier molecular flexibility index (Phi) is 2.78. The normalized spacial score (nSPS) is 25.9. The van der Waals surface area contributed by atoms with Gasteiger partial charge in [-0.2, -0.15) is 13.2 Å². The zero-order chi connectivity index (χ0) is 13.6. The average molecular weight is 270 g/mol. The molecule has 1 aromatic carbocycles. The van der Waals surface area contributed by atoms with Gasteiger partial charge in [-0.3, -0.25) is 4.79 Å². The topological polar surface area (TPSA) is 32.3 Å². The van der Waals surface area contributed by atoms with Gasteiger partial charge in [0, 0.05) is 36.4 Å². The van der Waals surface area contributed by atoms with Gasteiger partial charge in [0.1, 0.15) is 0 Å². The predicted octanol–water partition coefficient (Wildman–Crippen LogP) is 2.07. The number of carbonyl (C=O) groups is 1. The lowest BCUT2D eigenvalue weighted by Crippen LogP contribution is -2.44. The first-order valence-electron chi connectivity index (χ1n) is 6.15. The van der Waals surface area contributed by atoms with E-state index in [1.807, 2.05) is 4.90 Å². The van der Waals surface area contributed by atoms with Crippen LogP contribution >= 0.6 is 0 Å². The molecule has 102 valence electrons. The van der Waals surface area contributed by atoms with E-state index < -0.39 is 11.7 Å². The van der Waals surface area contributed by atoms with Crippen LogP contribution in [0.2, 0.25) is 0 Å². The molecule has 0 spiro atoms. The first kappa shape index (κ1) is 12.5. The number of aldehydes is 1. The van der Waals surface area contributed by atoms with Crippen LogP contribution in [0.4, 0.5) is 18.9 Å². The molecule has 6 heteroatoms. The molecular weight excluding hydrogens is 257 g/mol. The minimum absolute atomic E-state index is 0.187. The van der Waals surface area contributed by atoms with Gasteiger partial charge in [0.15, 0.2) is 6.29 Å². The summed E-state index contributed by atoms with van der Waals surface area (Å²) in [5.74, 6) is 0. The van der Waals surface area contributed by atoms with Crippen molar-refractivity contribution in [3.05, 3.63) is 29.3 Å². The van der Waals surface area contributed by atoms with Crippen LogP contribution in [0, 0.1) is 0 Å². The lowest BCUT2D eigenvalue weighted by atomic mass is 10.1. The van der Waals surface area contributed by atoms with Crippen molar-refractivity contribution in [3.8, 4) is 0 Å². The lowest BCUT2D eigenvalue weighted by Gasteiger charge is -2.31. The highest BCUT2D eigenvalue weighted by molar-refractivity contribution is 5.85. The maximum absolute atomic E-state index is 12.8. The van der Waals surface area contributed by atoms with E-state index in [-0.39, 0.29) is 6.04 Å². The molecule has 0 aromatic heterocycles. The van der Waals surface area contributed by atoms with Gasteiger partial charge in [-0.15, -0.1) is 0 Å². The summed E-state index contributed by atoms with van der Waals surface area (Å²) < 4.78 is 38.3. The monoisotopic (exact) mass is 270 g/mol. The maximum Gasteiger partial charge on any atom is 0.416 e. The highest BCUT2D eigenvalue weighted by Gasteiger charge is 2.39. The molecule has 0 saturated carbocycles. The molecule has 2 aliphatic heterocycles. The molecule has 0 radical (unpaired) electrons. The molecule has 2 bridgehead atoms. The van der Waals surface area contributed by atoms with E-state index >= 15 is 0 Å². The van der Waals surface area contributed by atoms with Crippen LogP contribution in [0.5, 0.6) is 0 Å². The Hall–Kier alpha value is -1.56. The summed E-state index contributed by atoms with van der Waals surface area (Å²) in [6.07, 6.45) is -2.84. The molecule has 2 unspecified atom stereocenters. The molecule has 2 atom stereocenters. The second-order valence-corrected chi connectivity index (χ2v) is 5.04. The number of nitrogens with one attached hydrogen (secondary N) is 1. The van der Waals surface area contributed by atoms with Gasteiger partial charge in [-0.05, 0) is 24.6 Å². The number of halogens is 3. The van der Waals surface area contributed by atoms with Gasteiger partial charge < -0.3 is 10.2 Å². The average Bonchev–Trinajstić information content (AvgIpc) is 2.99. The molecule has 0 amide bonds. The summed E-state index contributed by atoms with van der Waals surface area (Å²) in [6, 6.07) is 3.81. The molecular formula is C13H13F3N2O. The number of alkyl halides is 3. The summed E-state index contributed by atoms with van der Waals surface area (Å²) in [6.45, 7) is 1.42. The number of rotatable bonds is 2. The van der Waals surface area contributed by atoms with Gasteiger partial charge in [-0.25, -0.2) is 0 Å². The molecule has 3 rings (SSSR count). The quantitative estimate of drug-likeness (QED) is 0.835. The van der Waals surface area contributed by atoms with Gasteiger partial charge in [-0.1, -0.05) is 0 Å². The molecule has 19 heavy (non-hydrogen) atoms. The standard InChI is InChI=1S/C13H13F3N2O/c14-13(15,16)9-2-1-8(7-19)12(3-9)18-6-10-4-11(18)5-17-10/h1-3,7,10-11,17H,4-6H2. The Morgan fingerprint density at radius 2 is 2.16 bits per heavy atom. The van der Waals surface area contributed by atoms with Gasteiger partial charge >= 0.3 is 6.18 Å². The lowest BCUT2D eigenvalue weighted by molar-refractivity contribution is -0.137. The smallest absolute Gasteiger partial charge is 0.365 e. The zero-order valence-electron chi connectivity index (χ0n) is 10.1. The molecule has 2 heterocycles. The molecule has 2 aliphatic rings. The van der Waals surface area contributed by atoms with Crippen LogP contribution in [0.1, 0.15) is 22.3 Å². The number of fused-ring (bicyclic) bond motifs is 2. The fourth-order valence-electron chi connectivity index (χ4n) is 2.92. The maximum atomic E-state index is 12.8. The second kappa shape index (κ2) is 4.23. The number of piperazine rings is 1.